The maximum atomic E-state index is 8.35. The molecule has 0 saturated heterocycles. The molecular formula is C3H8N2O. The molecule has 0 rings (SSSR count). The van der Waals surface area contributed by atoms with Gasteiger partial charge in [-0.2, -0.15) is 0 Å². The third-order valence-electron chi connectivity index (χ3n) is 0. The molecular weight excluding hydrogens is 80.0 g/mol. The quantitative estimate of drug-likeness (QED) is 0.320. The van der Waals surface area contributed by atoms with Crippen LogP contribution in [0.2, 0.25) is 0 Å². The number of nitrogens with two attached hydrogens (primary N) is 1. The van der Waals surface area contributed by atoms with Crippen molar-refractivity contribution in [2.24, 2.45) is 5.73 Å². The Hall–Kier alpha value is -0.660. The molecule has 0 saturated carbocycles. The number of rotatable bonds is 0. The molecule has 0 unspecified atom stereocenters. The van der Waals surface area contributed by atoms with Gasteiger partial charge in [-0.15, -0.1) is 0 Å². The van der Waals surface area contributed by atoms with Gasteiger partial charge in [0.1, 0.15) is 0 Å². The van der Waals surface area contributed by atoms with Crippen molar-refractivity contribution in [3.05, 3.63) is 0 Å². The maximum Gasteiger partial charge on any atom is 0.231 e. The maximum absolute atomic E-state index is 8.35. The van der Waals surface area contributed by atoms with E-state index >= 15 is 0 Å². The second-order valence-electron chi connectivity index (χ2n) is 0.510. The fraction of sp³-hybridized carbons (Fsp3) is 0.667. The lowest BCUT2D eigenvalue weighted by molar-refractivity contribution is 0.563. The van der Waals surface area contributed by atoms with Gasteiger partial charge in [0.05, 0.1) is 0 Å². The Morgan fingerprint density at radius 1 is 2.00 bits per heavy atom. The third kappa shape index (κ3) is 42.0. The van der Waals surface area contributed by atoms with Crippen molar-refractivity contribution in [3.63, 3.8) is 0 Å². The van der Waals surface area contributed by atoms with Crippen molar-refractivity contribution in [1.82, 2.24) is 0 Å². The molecule has 0 radical (unpaired) electrons. The molecule has 3 N–H and O–H groups in total. The fourth-order valence-corrected chi connectivity index (χ4v) is 0. The van der Waals surface area contributed by atoms with Gasteiger partial charge in [-0.3, -0.25) is 0 Å². The summed E-state index contributed by atoms with van der Waals surface area (Å²) < 4.78 is 0. The predicted molar refractivity (Wildman–Crippen MR) is 23.1 cm³/mol. The van der Waals surface area contributed by atoms with Crippen LogP contribution < -0.4 is 5.73 Å². The Bertz CT molecular complexity index is 38.1. The van der Waals surface area contributed by atoms with Crippen LogP contribution in [0.3, 0.4) is 0 Å². The van der Waals surface area contributed by atoms with Gasteiger partial charge in [0.15, 0.2) is 0 Å². The van der Waals surface area contributed by atoms with E-state index in [1.807, 2.05) is 6.92 Å². The first kappa shape index (κ1) is 9.02. The summed E-state index contributed by atoms with van der Waals surface area (Å²) in [5, 5.41) is 5.40. The minimum Gasteiger partial charge on any atom is -0.331 e. The Balaban J connectivity index is 0. The SMILES string of the molecule is CCN.N=C=O. The number of carbonyl (C=O) groups excluding carboxylic acids is 1. The van der Waals surface area contributed by atoms with E-state index in [0.717, 1.165) is 12.6 Å². The van der Waals surface area contributed by atoms with Crippen molar-refractivity contribution in [2.45, 2.75) is 6.92 Å². The van der Waals surface area contributed by atoms with Crippen LogP contribution in [0, 0.1) is 5.41 Å². The highest BCUT2D eigenvalue weighted by molar-refractivity contribution is 5.26. The zero-order valence-corrected chi connectivity index (χ0v) is 3.69. The van der Waals surface area contributed by atoms with E-state index in [9.17, 15) is 0 Å². The molecule has 6 heavy (non-hydrogen) atoms. The van der Waals surface area contributed by atoms with Gasteiger partial charge in [0.2, 0.25) is 6.08 Å². The van der Waals surface area contributed by atoms with Crippen LogP contribution in [0.15, 0.2) is 0 Å². The summed E-state index contributed by atoms with van der Waals surface area (Å²) in [6.07, 6.45) is 0.750. The highest BCUT2D eigenvalue weighted by Gasteiger charge is 1.32. The molecule has 0 aromatic rings. The van der Waals surface area contributed by atoms with Gasteiger partial charge >= 0.3 is 0 Å². The van der Waals surface area contributed by atoms with Crippen molar-refractivity contribution in [1.29, 1.82) is 5.41 Å². The molecule has 0 spiro atoms. The average molecular weight is 88.1 g/mol. The first-order valence-electron chi connectivity index (χ1n) is 1.57. The van der Waals surface area contributed by atoms with Gasteiger partial charge in [-0.1, -0.05) is 6.92 Å². The minimum atomic E-state index is 0.750. The fourth-order valence-electron chi connectivity index (χ4n) is 0. The molecule has 0 bridgehead atoms. The Kier molecular flexibility index (Phi) is 40.5. The van der Waals surface area contributed by atoms with Gasteiger partial charge < -0.3 is 5.73 Å². The molecule has 0 amide bonds. The third-order valence-corrected chi connectivity index (χ3v) is 0. The summed E-state index contributed by atoms with van der Waals surface area (Å²) >= 11 is 0. The number of isocyanates is 1. The molecule has 0 aromatic carbocycles. The summed E-state index contributed by atoms with van der Waals surface area (Å²) in [4.78, 5) is 8.35. The molecule has 3 nitrogen and oxygen atoms in total. The second-order valence-corrected chi connectivity index (χ2v) is 0.510. The molecule has 0 aromatic heterocycles. The number of hydrogen-bond acceptors (Lipinski definition) is 3. The molecule has 0 fully saturated rings. The zero-order chi connectivity index (χ0) is 5.41. The highest BCUT2D eigenvalue weighted by Crippen LogP contribution is 1.20. The van der Waals surface area contributed by atoms with Crippen LogP contribution in [0.5, 0.6) is 0 Å². The Morgan fingerprint density at radius 2 is 2.00 bits per heavy atom. The van der Waals surface area contributed by atoms with E-state index in [1.54, 1.807) is 0 Å². The largest absolute Gasteiger partial charge is 0.331 e. The Morgan fingerprint density at radius 3 is 2.00 bits per heavy atom. The molecule has 0 aliphatic heterocycles. The molecule has 0 atom stereocenters. The van der Waals surface area contributed by atoms with Crippen molar-refractivity contribution in [3.8, 4) is 0 Å². The van der Waals surface area contributed by atoms with Gasteiger partial charge in [-0.25, -0.2) is 10.2 Å². The van der Waals surface area contributed by atoms with E-state index in [0.29, 0.717) is 0 Å². The van der Waals surface area contributed by atoms with Crippen LogP contribution in [0.1, 0.15) is 6.92 Å². The van der Waals surface area contributed by atoms with Crippen molar-refractivity contribution in [2.75, 3.05) is 6.54 Å². The normalized spacial score (nSPS) is 4.33. The average Bonchev–Trinajstić information content (AvgIpc) is 1.39. The topological polar surface area (TPSA) is 66.9 Å². The zero-order valence-electron chi connectivity index (χ0n) is 3.69. The van der Waals surface area contributed by atoms with Crippen LogP contribution in [0.25, 0.3) is 0 Å². The smallest absolute Gasteiger partial charge is 0.231 e. The second kappa shape index (κ2) is 27.0. The molecule has 0 aliphatic rings. The van der Waals surface area contributed by atoms with E-state index < -0.39 is 0 Å². The highest BCUT2D eigenvalue weighted by atomic mass is 16.1. The van der Waals surface area contributed by atoms with Crippen LogP contribution in [-0.2, 0) is 4.79 Å². The van der Waals surface area contributed by atoms with Gasteiger partial charge in [-0.05, 0) is 6.54 Å². The van der Waals surface area contributed by atoms with Crippen LogP contribution >= 0.6 is 0 Å². The summed E-state index contributed by atoms with van der Waals surface area (Å²) in [7, 11) is 0. The van der Waals surface area contributed by atoms with Gasteiger partial charge in [0, 0.05) is 0 Å². The molecule has 0 heterocycles. The summed E-state index contributed by atoms with van der Waals surface area (Å²) in [6, 6.07) is 0. The van der Waals surface area contributed by atoms with Crippen molar-refractivity contribution < 1.29 is 4.79 Å². The van der Waals surface area contributed by atoms with Crippen molar-refractivity contribution >= 4 is 6.08 Å². The van der Waals surface area contributed by atoms with E-state index in [-0.39, 0.29) is 0 Å². The van der Waals surface area contributed by atoms with E-state index in [4.69, 9.17) is 15.9 Å². The first-order valence-corrected chi connectivity index (χ1v) is 1.57. The lowest BCUT2D eigenvalue weighted by Crippen LogP contribution is -1.87. The number of nitrogens with one attached hydrogen (secondary N) is 1. The molecule has 3 heteroatoms. The molecule has 0 aliphatic carbocycles. The standard InChI is InChI=1S/C2H7N.CHNO/c1-2-3;2-1-3/h2-3H2,1H3;2H. The monoisotopic (exact) mass is 88.1 g/mol. The van der Waals surface area contributed by atoms with E-state index in [2.05, 4.69) is 0 Å². The first-order chi connectivity index (χ1) is 2.83. The Labute approximate surface area is 36.7 Å². The van der Waals surface area contributed by atoms with Crippen LogP contribution in [-0.4, -0.2) is 12.6 Å². The summed E-state index contributed by atoms with van der Waals surface area (Å²) in [5.74, 6) is 0. The lowest BCUT2D eigenvalue weighted by Gasteiger charge is -1.53. The van der Waals surface area contributed by atoms with Gasteiger partial charge in [0.25, 0.3) is 0 Å². The van der Waals surface area contributed by atoms with E-state index in [1.165, 1.54) is 0 Å². The van der Waals surface area contributed by atoms with Crippen LogP contribution in [0.4, 0.5) is 0 Å². The molecule has 36 valence electrons. The summed E-state index contributed by atoms with van der Waals surface area (Å²) in [5.41, 5.74) is 4.85. The predicted octanol–water partition coefficient (Wildman–Crippen LogP) is -0.134. The lowest BCUT2D eigenvalue weighted by atomic mass is 10.8. The summed E-state index contributed by atoms with van der Waals surface area (Å²) in [6.45, 7) is 2.65. The minimum absolute atomic E-state index is 0.750. The number of hydrogen-bond donors (Lipinski definition) is 2.